The summed E-state index contributed by atoms with van der Waals surface area (Å²) in [6.45, 7) is 6.36. The molecule has 7 heteroatoms. The molecule has 6 rings (SSSR count). The van der Waals surface area contributed by atoms with Crippen LogP contribution in [0.2, 0.25) is 0 Å². The van der Waals surface area contributed by atoms with Crippen LogP contribution < -0.4 is 15.0 Å². The Morgan fingerprint density at radius 1 is 0.976 bits per heavy atom. The fraction of sp³-hybridized carbons (Fsp3) is 0.229. The maximum atomic E-state index is 13.2. The third-order valence-corrected chi connectivity index (χ3v) is 8.15. The molecule has 3 heterocycles. The number of carbonyl (C=O) groups excluding carboxylic acids is 1. The highest BCUT2D eigenvalue weighted by Gasteiger charge is 2.34. The van der Waals surface area contributed by atoms with Crippen LogP contribution in [0.1, 0.15) is 19.4 Å². The first-order valence-electron chi connectivity index (χ1n) is 14.2. The second kappa shape index (κ2) is 11.4. The lowest BCUT2D eigenvalue weighted by atomic mass is 9.97. The number of hydrogen-bond donors (Lipinski definition) is 1. The van der Waals surface area contributed by atoms with Gasteiger partial charge in [-0.1, -0.05) is 42.5 Å². The van der Waals surface area contributed by atoms with Gasteiger partial charge in [0.1, 0.15) is 5.75 Å². The molecule has 1 amide bonds. The van der Waals surface area contributed by atoms with Gasteiger partial charge >= 0.3 is 0 Å². The third kappa shape index (κ3) is 4.97. The summed E-state index contributed by atoms with van der Waals surface area (Å²) in [5.41, 5.74) is 7.35. The maximum absolute atomic E-state index is 13.2. The summed E-state index contributed by atoms with van der Waals surface area (Å²) in [5.74, 6) is 0.888. The van der Waals surface area contributed by atoms with Gasteiger partial charge in [-0.2, -0.15) is 5.26 Å². The number of hydrogen-bond acceptors (Lipinski definition) is 6. The Morgan fingerprint density at radius 3 is 2.31 bits per heavy atom. The number of fused-ring (bicyclic) bond motifs is 1. The van der Waals surface area contributed by atoms with Gasteiger partial charge in [0.05, 0.1) is 24.3 Å². The van der Waals surface area contributed by atoms with Crippen LogP contribution in [-0.4, -0.2) is 54.6 Å². The highest BCUT2D eigenvalue weighted by Crippen LogP contribution is 2.39. The van der Waals surface area contributed by atoms with E-state index in [2.05, 4.69) is 54.4 Å². The first kappa shape index (κ1) is 27.1. The molecule has 0 aliphatic carbocycles. The predicted octanol–water partition coefficient (Wildman–Crippen LogP) is 5.92. The molecule has 1 aromatic heterocycles. The van der Waals surface area contributed by atoms with Crippen molar-refractivity contribution in [1.29, 1.82) is 5.26 Å². The van der Waals surface area contributed by atoms with Gasteiger partial charge in [-0.25, -0.2) is 0 Å². The van der Waals surface area contributed by atoms with Crippen LogP contribution in [0.25, 0.3) is 33.2 Å². The lowest BCUT2D eigenvalue weighted by Gasteiger charge is -2.45. The first-order valence-corrected chi connectivity index (χ1v) is 14.2. The molecule has 0 saturated carbocycles. The van der Waals surface area contributed by atoms with Gasteiger partial charge in [-0.3, -0.25) is 9.78 Å². The average molecular weight is 556 g/mol. The minimum absolute atomic E-state index is 0.0859. The van der Waals surface area contributed by atoms with Crippen molar-refractivity contribution in [2.75, 3.05) is 31.6 Å². The molecule has 0 radical (unpaired) electrons. The molecule has 7 nitrogen and oxygen atoms in total. The van der Waals surface area contributed by atoms with Gasteiger partial charge in [0.2, 0.25) is 0 Å². The summed E-state index contributed by atoms with van der Waals surface area (Å²) in [4.78, 5) is 22.5. The fourth-order valence-corrected chi connectivity index (χ4v) is 6.14. The van der Waals surface area contributed by atoms with Crippen LogP contribution in [0.5, 0.6) is 5.75 Å². The van der Waals surface area contributed by atoms with Crippen LogP contribution in [0.4, 0.5) is 5.69 Å². The molecule has 3 aromatic carbocycles. The van der Waals surface area contributed by atoms with E-state index in [4.69, 9.17) is 15.0 Å². The minimum atomic E-state index is 0.0859. The summed E-state index contributed by atoms with van der Waals surface area (Å²) >= 11 is 0. The topological polar surface area (TPSA) is 81.5 Å². The Kier molecular flexibility index (Phi) is 7.37. The predicted molar refractivity (Wildman–Crippen MR) is 167 cm³/mol. The number of nitrogens with one attached hydrogen (secondary N) is 1. The average Bonchev–Trinajstić information content (AvgIpc) is 3.04. The van der Waals surface area contributed by atoms with Crippen molar-refractivity contribution in [3.05, 3.63) is 102 Å². The molecule has 2 aliphatic rings. The van der Waals surface area contributed by atoms with Crippen LogP contribution >= 0.6 is 0 Å². The molecular formula is C35H33N5O2. The number of allylic oxidation sites excluding steroid dienone is 2. The number of methoxy groups -OCH3 is 1. The molecule has 2 unspecified atom stereocenters. The lowest BCUT2D eigenvalue weighted by Crippen LogP contribution is -2.59. The standard InChI is InChI=1S/C35H33N5O2/c1-23-21-39(22-24(2)40(23)35(41)28-6-5-17-37-19-28)29-15-13-27(14-16-29)32-20-38-33-30(7-4-8-31(33)34(32)42-3)26-11-9-25(18-36)10-12-26/h4-17,20,23-24,37H,19,21-22H2,1-3H3. The van der Waals surface area contributed by atoms with Crippen LogP contribution in [0.15, 0.2) is 96.9 Å². The van der Waals surface area contributed by atoms with Gasteiger partial charge in [0.15, 0.2) is 0 Å². The molecule has 1 N–H and O–H groups in total. The van der Waals surface area contributed by atoms with Crippen LogP contribution in [-0.2, 0) is 4.79 Å². The summed E-state index contributed by atoms with van der Waals surface area (Å²) < 4.78 is 5.96. The SMILES string of the molecule is COc1c(-c2ccc(N3CC(C)N(C(=O)C4=CC=CNC4)C(C)C3)cc2)cnc2c(-c3ccc(C#N)cc3)cccc12. The number of amides is 1. The molecule has 4 aromatic rings. The van der Waals surface area contributed by atoms with Crippen molar-refractivity contribution in [2.45, 2.75) is 25.9 Å². The van der Waals surface area contributed by atoms with E-state index in [1.54, 1.807) is 7.11 Å². The zero-order valence-electron chi connectivity index (χ0n) is 24.0. The number of pyridine rings is 1. The van der Waals surface area contributed by atoms with Gasteiger partial charge in [-0.15, -0.1) is 0 Å². The molecule has 2 atom stereocenters. The number of anilines is 1. The zero-order chi connectivity index (χ0) is 29.2. The molecule has 1 fully saturated rings. The largest absolute Gasteiger partial charge is 0.495 e. The Morgan fingerprint density at radius 2 is 1.67 bits per heavy atom. The van der Waals surface area contributed by atoms with Gasteiger partial charge < -0.3 is 19.9 Å². The number of aromatic nitrogens is 1. The summed E-state index contributed by atoms with van der Waals surface area (Å²) in [5, 5.41) is 13.2. The number of benzene rings is 3. The van der Waals surface area contributed by atoms with Crippen molar-refractivity contribution in [3.8, 4) is 34.1 Å². The zero-order valence-corrected chi connectivity index (χ0v) is 24.0. The number of nitrogens with zero attached hydrogens (tertiary/aromatic N) is 4. The normalized spacial score (nSPS) is 18.3. The van der Waals surface area contributed by atoms with Crippen molar-refractivity contribution in [3.63, 3.8) is 0 Å². The number of dihydropyridines is 1. The molecule has 0 bridgehead atoms. The molecule has 1 saturated heterocycles. The molecule has 210 valence electrons. The van der Waals surface area contributed by atoms with E-state index < -0.39 is 0 Å². The number of ether oxygens (including phenoxy) is 1. The minimum Gasteiger partial charge on any atom is -0.495 e. The summed E-state index contributed by atoms with van der Waals surface area (Å²) in [7, 11) is 1.69. The third-order valence-electron chi connectivity index (χ3n) is 8.15. The Bertz CT molecular complexity index is 1720. The quantitative estimate of drug-likeness (QED) is 0.329. The number of carbonyl (C=O) groups is 1. The molecule has 42 heavy (non-hydrogen) atoms. The first-order chi connectivity index (χ1) is 20.5. The number of piperazine rings is 1. The lowest BCUT2D eigenvalue weighted by molar-refractivity contribution is -0.131. The van der Waals surface area contributed by atoms with Crippen molar-refractivity contribution in [1.82, 2.24) is 15.2 Å². The van der Waals surface area contributed by atoms with E-state index >= 15 is 0 Å². The van der Waals surface area contributed by atoms with Gasteiger partial charge in [0.25, 0.3) is 5.91 Å². The van der Waals surface area contributed by atoms with E-state index in [1.807, 2.05) is 71.9 Å². The summed E-state index contributed by atoms with van der Waals surface area (Å²) in [6, 6.07) is 24.5. The summed E-state index contributed by atoms with van der Waals surface area (Å²) in [6.07, 6.45) is 7.54. The maximum Gasteiger partial charge on any atom is 0.252 e. The Labute approximate surface area is 246 Å². The Balaban J connectivity index is 1.25. The molecule has 0 spiro atoms. The van der Waals surface area contributed by atoms with Crippen molar-refractivity contribution in [2.24, 2.45) is 0 Å². The van der Waals surface area contributed by atoms with E-state index in [0.29, 0.717) is 12.1 Å². The highest BCUT2D eigenvalue weighted by atomic mass is 16.5. The number of nitriles is 1. The number of para-hydroxylation sites is 1. The van der Waals surface area contributed by atoms with E-state index in [1.165, 1.54) is 0 Å². The van der Waals surface area contributed by atoms with Gasteiger partial charge in [-0.05, 0) is 67.6 Å². The highest BCUT2D eigenvalue weighted by molar-refractivity contribution is 6.00. The number of rotatable bonds is 5. The van der Waals surface area contributed by atoms with Crippen LogP contribution in [0.3, 0.4) is 0 Å². The van der Waals surface area contributed by atoms with Crippen molar-refractivity contribution < 1.29 is 9.53 Å². The van der Waals surface area contributed by atoms with E-state index in [9.17, 15) is 4.79 Å². The van der Waals surface area contributed by atoms with E-state index in [0.717, 1.165) is 63.3 Å². The molecule has 2 aliphatic heterocycles. The Hall–Kier alpha value is -5.09. The van der Waals surface area contributed by atoms with Crippen LogP contribution in [0, 0.1) is 11.3 Å². The van der Waals surface area contributed by atoms with E-state index in [-0.39, 0.29) is 18.0 Å². The fourth-order valence-electron chi connectivity index (χ4n) is 6.14. The smallest absolute Gasteiger partial charge is 0.252 e. The second-order valence-corrected chi connectivity index (χ2v) is 10.9. The van der Waals surface area contributed by atoms with Crippen molar-refractivity contribution >= 4 is 22.5 Å². The second-order valence-electron chi connectivity index (χ2n) is 10.9. The molecular weight excluding hydrogens is 522 g/mol. The van der Waals surface area contributed by atoms with Gasteiger partial charge in [0, 0.05) is 65.7 Å². The monoisotopic (exact) mass is 555 g/mol.